The lowest BCUT2D eigenvalue weighted by atomic mass is 10.1. The average Bonchev–Trinajstić information content (AvgIpc) is 2.52. The summed E-state index contributed by atoms with van der Waals surface area (Å²) in [5.41, 5.74) is 2.43. The molecule has 0 aromatic heterocycles. The zero-order valence-electron chi connectivity index (χ0n) is 15.0. The molecule has 0 aliphatic heterocycles. The molecule has 0 aliphatic rings. The second kappa shape index (κ2) is 6.90. The molecule has 0 N–H and O–H groups in total. The van der Waals surface area contributed by atoms with Gasteiger partial charge in [0.25, 0.3) is 0 Å². The first-order valence-electron chi connectivity index (χ1n) is 7.80. The number of nitrogens with zero attached hydrogens (tertiary/aromatic N) is 1. The number of sulfonamides is 1. The van der Waals surface area contributed by atoms with Gasteiger partial charge in [-0.1, -0.05) is 29.8 Å². The van der Waals surface area contributed by atoms with E-state index in [1.807, 2.05) is 13.0 Å². The summed E-state index contributed by atoms with van der Waals surface area (Å²) >= 11 is 0. The van der Waals surface area contributed by atoms with Crippen LogP contribution in [0.25, 0.3) is 0 Å². The summed E-state index contributed by atoms with van der Waals surface area (Å²) in [6.07, 6.45) is 1.14. The first kappa shape index (κ1) is 19.6. The van der Waals surface area contributed by atoms with Gasteiger partial charge in [0, 0.05) is 19.3 Å². The van der Waals surface area contributed by atoms with Crippen molar-refractivity contribution >= 4 is 19.9 Å². The molecule has 0 aliphatic carbocycles. The van der Waals surface area contributed by atoms with Gasteiger partial charge in [-0.15, -0.1) is 0 Å². The van der Waals surface area contributed by atoms with Gasteiger partial charge >= 0.3 is 0 Å². The first-order valence-corrected chi connectivity index (χ1v) is 11.1. The van der Waals surface area contributed by atoms with Crippen LogP contribution in [0.2, 0.25) is 0 Å². The summed E-state index contributed by atoms with van der Waals surface area (Å²) in [5.74, 6) is 0. The van der Waals surface area contributed by atoms with Crippen LogP contribution in [0.4, 0.5) is 0 Å². The molecular formula is C18H23NO4S2. The predicted molar refractivity (Wildman–Crippen MR) is 98.8 cm³/mol. The summed E-state index contributed by atoms with van der Waals surface area (Å²) in [6, 6.07) is 11.1. The Labute approximate surface area is 150 Å². The second-order valence-electron chi connectivity index (χ2n) is 6.31. The van der Waals surface area contributed by atoms with Crippen molar-refractivity contribution in [1.82, 2.24) is 4.31 Å². The number of hydrogen-bond acceptors (Lipinski definition) is 4. The Morgan fingerprint density at radius 1 is 0.920 bits per heavy atom. The molecule has 0 spiro atoms. The molecular weight excluding hydrogens is 358 g/mol. The number of aryl methyl sites for hydroxylation is 2. The van der Waals surface area contributed by atoms with Gasteiger partial charge in [0.1, 0.15) is 0 Å². The smallest absolute Gasteiger partial charge is 0.224 e. The summed E-state index contributed by atoms with van der Waals surface area (Å²) < 4.78 is 50.3. The predicted octanol–water partition coefficient (Wildman–Crippen LogP) is 3.09. The molecule has 0 heterocycles. The lowest BCUT2D eigenvalue weighted by molar-refractivity contribution is 0.398. The van der Waals surface area contributed by atoms with E-state index in [9.17, 15) is 16.8 Å². The minimum absolute atomic E-state index is 0.211. The molecule has 136 valence electrons. The van der Waals surface area contributed by atoms with E-state index in [4.69, 9.17) is 0 Å². The van der Waals surface area contributed by atoms with E-state index in [0.717, 1.165) is 17.4 Å². The molecule has 1 atom stereocenters. The quantitative estimate of drug-likeness (QED) is 0.798. The molecule has 7 heteroatoms. The molecule has 5 nitrogen and oxygen atoms in total. The van der Waals surface area contributed by atoms with Crippen molar-refractivity contribution in [2.24, 2.45) is 0 Å². The molecule has 0 amide bonds. The Morgan fingerprint density at radius 2 is 1.48 bits per heavy atom. The van der Waals surface area contributed by atoms with Gasteiger partial charge in [-0.2, -0.15) is 4.31 Å². The molecule has 0 saturated carbocycles. The van der Waals surface area contributed by atoms with E-state index < -0.39 is 25.9 Å². The topological polar surface area (TPSA) is 71.5 Å². The highest BCUT2D eigenvalue weighted by Crippen LogP contribution is 2.28. The third-order valence-electron chi connectivity index (χ3n) is 4.32. The lowest BCUT2D eigenvalue weighted by Crippen LogP contribution is -2.30. The van der Waals surface area contributed by atoms with Crippen molar-refractivity contribution in [2.75, 3.05) is 13.3 Å². The van der Waals surface area contributed by atoms with Crippen LogP contribution in [0.15, 0.2) is 52.3 Å². The highest BCUT2D eigenvalue weighted by molar-refractivity contribution is 7.90. The van der Waals surface area contributed by atoms with Gasteiger partial charge in [-0.3, -0.25) is 0 Å². The molecule has 0 bridgehead atoms. The van der Waals surface area contributed by atoms with Crippen LogP contribution in [-0.4, -0.2) is 34.4 Å². The molecule has 25 heavy (non-hydrogen) atoms. The molecule has 0 fully saturated rings. The van der Waals surface area contributed by atoms with Gasteiger partial charge in [0.2, 0.25) is 10.0 Å². The summed E-state index contributed by atoms with van der Waals surface area (Å²) in [5, 5.41) is 0. The van der Waals surface area contributed by atoms with E-state index in [1.54, 1.807) is 38.1 Å². The SMILES string of the molecule is Cc1ccc(S(=O)(=O)N(C)[C@H](C)c2ccc(S(C)(=O)=O)cc2)c(C)c1. The Morgan fingerprint density at radius 3 is 1.96 bits per heavy atom. The highest BCUT2D eigenvalue weighted by atomic mass is 32.2. The lowest BCUT2D eigenvalue weighted by Gasteiger charge is -2.25. The van der Waals surface area contributed by atoms with E-state index in [2.05, 4.69) is 0 Å². The summed E-state index contributed by atoms with van der Waals surface area (Å²) in [6.45, 7) is 5.47. The third-order valence-corrected chi connectivity index (χ3v) is 7.54. The van der Waals surface area contributed by atoms with E-state index in [-0.39, 0.29) is 9.79 Å². The average molecular weight is 382 g/mol. The maximum absolute atomic E-state index is 12.9. The van der Waals surface area contributed by atoms with Crippen LogP contribution in [0, 0.1) is 13.8 Å². The van der Waals surface area contributed by atoms with Crippen LogP contribution < -0.4 is 0 Å². The van der Waals surface area contributed by atoms with Crippen LogP contribution >= 0.6 is 0 Å². The van der Waals surface area contributed by atoms with Crippen LogP contribution in [-0.2, 0) is 19.9 Å². The van der Waals surface area contributed by atoms with Crippen molar-refractivity contribution in [3.05, 3.63) is 59.2 Å². The van der Waals surface area contributed by atoms with Crippen molar-refractivity contribution in [1.29, 1.82) is 0 Å². The molecule has 2 aromatic rings. The fourth-order valence-electron chi connectivity index (χ4n) is 2.66. The van der Waals surface area contributed by atoms with E-state index >= 15 is 0 Å². The largest absolute Gasteiger partial charge is 0.243 e. The van der Waals surface area contributed by atoms with Gasteiger partial charge in [-0.25, -0.2) is 16.8 Å². The van der Waals surface area contributed by atoms with E-state index in [1.165, 1.54) is 23.5 Å². The molecule has 2 rings (SSSR count). The zero-order valence-corrected chi connectivity index (χ0v) is 16.6. The maximum Gasteiger partial charge on any atom is 0.243 e. The maximum atomic E-state index is 12.9. The van der Waals surface area contributed by atoms with Gasteiger partial charge in [0.15, 0.2) is 9.84 Å². The third kappa shape index (κ3) is 4.11. The number of hydrogen-bond donors (Lipinski definition) is 0. The summed E-state index contributed by atoms with van der Waals surface area (Å²) in [4.78, 5) is 0.489. The van der Waals surface area contributed by atoms with Crippen molar-refractivity contribution in [3.8, 4) is 0 Å². The molecule has 0 radical (unpaired) electrons. The number of benzene rings is 2. The first-order chi connectivity index (χ1) is 11.4. The van der Waals surface area contributed by atoms with Crippen LogP contribution in [0.1, 0.15) is 29.7 Å². The fraction of sp³-hybridized carbons (Fsp3) is 0.333. The van der Waals surface area contributed by atoms with Crippen LogP contribution in [0.5, 0.6) is 0 Å². The minimum atomic E-state index is -3.66. The molecule has 2 aromatic carbocycles. The zero-order chi connectivity index (χ0) is 19.0. The highest BCUT2D eigenvalue weighted by Gasteiger charge is 2.27. The van der Waals surface area contributed by atoms with Crippen molar-refractivity contribution in [2.45, 2.75) is 36.6 Å². The fourth-order valence-corrected chi connectivity index (χ4v) is 4.84. The summed E-state index contributed by atoms with van der Waals surface area (Å²) in [7, 11) is -5.40. The second-order valence-corrected chi connectivity index (χ2v) is 10.3. The minimum Gasteiger partial charge on any atom is -0.224 e. The Bertz CT molecular complexity index is 978. The Kier molecular flexibility index (Phi) is 5.41. The van der Waals surface area contributed by atoms with Gasteiger partial charge < -0.3 is 0 Å². The Hall–Kier alpha value is -1.70. The standard InChI is InChI=1S/C18H23NO4S2/c1-13-6-11-18(14(2)12-13)25(22,23)19(4)15(3)16-7-9-17(10-8-16)24(5,20)21/h6-12,15H,1-5H3/t15-/m1/s1. The van der Waals surface area contributed by atoms with Gasteiger partial charge in [0.05, 0.1) is 9.79 Å². The van der Waals surface area contributed by atoms with E-state index in [0.29, 0.717) is 5.56 Å². The number of sulfone groups is 1. The monoisotopic (exact) mass is 381 g/mol. The molecule has 0 saturated heterocycles. The molecule has 0 unspecified atom stereocenters. The normalized spacial score (nSPS) is 13.8. The van der Waals surface area contributed by atoms with Crippen molar-refractivity contribution < 1.29 is 16.8 Å². The Balaban J connectivity index is 2.37. The van der Waals surface area contributed by atoms with Gasteiger partial charge in [-0.05, 0) is 50.1 Å². The van der Waals surface area contributed by atoms with Crippen molar-refractivity contribution in [3.63, 3.8) is 0 Å². The number of rotatable bonds is 5. The van der Waals surface area contributed by atoms with Crippen LogP contribution in [0.3, 0.4) is 0 Å².